The van der Waals surface area contributed by atoms with Gasteiger partial charge in [-0.2, -0.15) is 14.9 Å². The highest BCUT2D eigenvalue weighted by molar-refractivity contribution is 5.88. The van der Waals surface area contributed by atoms with E-state index in [1.54, 1.807) is 35.4 Å². The molecule has 0 aliphatic rings. The largest absolute Gasteiger partial charge is 0.383 e. The molecule has 4 heterocycles. The molecule has 0 saturated carbocycles. The Morgan fingerprint density at radius 2 is 1.84 bits per heavy atom. The van der Waals surface area contributed by atoms with Gasteiger partial charge in [-0.3, -0.25) is 9.78 Å². The van der Waals surface area contributed by atoms with Crippen molar-refractivity contribution < 1.29 is 0 Å². The average Bonchev–Trinajstić information content (AvgIpc) is 3.17. The zero-order valence-electron chi connectivity index (χ0n) is 17.5. The summed E-state index contributed by atoms with van der Waals surface area (Å²) in [5, 5.41) is 9.82. The van der Waals surface area contributed by atoms with E-state index in [9.17, 15) is 4.79 Å². The Labute approximate surface area is 183 Å². The van der Waals surface area contributed by atoms with E-state index in [0.29, 0.717) is 28.1 Å². The fourth-order valence-electron chi connectivity index (χ4n) is 3.91. The van der Waals surface area contributed by atoms with Crippen LogP contribution in [0.4, 0.5) is 5.82 Å². The first kappa shape index (κ1) is 19.6. The Balaban J connectivity index is 1.76. The molecule has 0 saturated heterocycles. The van der Waals surface area contributed by atoms with Crippen molar-refractivity contribution in [3.8, 4) is 16.8 Å². The van der Waals surface area contributed by atoms with E-state index in [-0.39, 0.29) is 11.6 Å². The van der Waals surface area contributed by atoms with E-state index < -0.39 is 0 Å². The predicted molar refractivity (Wildman–Crippen MR) is 121 cm³/mol. The first-order valence-corrected chi connectivity index (χ1v) is 10.1. The summed E-state index contributed by atoms with van der Waals surface area (Å²) in [6.45, 7) is 3.82. The van der Waals surface area contributed by atoms with E-state index in [2.05, 4.69) is 25.1 Å². The van der Waals surface area contributed by atoms with Gasteiger partial charge in [0, 0.05) is 11.8 Å². The molecule has 0 amide bonds. The number of pyridine rings is 1. The van der Waals surface area contributed by atoms with Crippen LogP contribution >= 0.6 is 0 Å². The molecule has 1 atom stereocenters. The molecule has 4 aromatic heterocycles. The number of fused-ring (bicyclic) bond motifs is 1. The summed E-state index contributed by atoms with van der Waals surface area (Å²) < 4.78 is 3.12. The molecule has 158 valence electrons. The van der Waals surface area contributed by atoms with E-state index in [0.717, 1.165) is 16.8 Å². The lowest BCUT2D eigenvalue weighted by atomic mass is 9.98. The Bertz CT molecular complexity index is 1480. The normalized spacial score (nSPS) is 12.2. The highest BCUT2D eigenvalue weighted by atomic mass is 16.1. The van der Waals surface area contributed by atoms with Crippen molar-refractivity contribution in [2.45, 2.75) is 19.9 Å². The highest BCUT2D eigenvalue weighted by Gasteiger charge is 2.23. The number of aromatic nitrogens is 7. The molecule has 0 fully saturated rings. The van der Waals surface area contributed by atoms with Gasteiger partial charge in [0.1, 0.15) is 12.1 Å². The summed E-state index contributed by atoms with van der Waals surface area (Å²) in [5.41, 5.74) is 9.81. The zero-order valence-corrected chi connectivity index (χ0v) is 17.5. The number of hydrogen-bond donors (Lipinski definition) is 1. The van der Waals surface area contributed by atoms with Crippen LogP contribution in [0, 0.1) is 6.92 Å². The lowest BCUT2D eigenvalue weighted by Gasteiger charge is -2.18. The maximum atomic E-state index is 13.6. The molecule has 1 unspecified atom stereocenters. The van der Waals surface area contributed by atoms with Crippen LogP contribution < -0.4 is 11.3 Å². The summed E-state index contributed by atoms with van der Waals surface area (Å²) in [6, 6.07) is 12.8. The lowest BCUT2D eigenvalue weighted by molar-refractivity contribution is 0.569. The van der Waals surface area contributed by atoms with Crippen molar-refractivity contribution in [1.82, 2.24) is 34.5 Å². The van der Waals surface area contributed by atoms with Crippen LogP contribution in [0.5, 0.6) is 0 Å². The number of anilines is 1. The van der Waals surface area contributed by atoms with Crippen LogP contribution in [0.25, 0.3) is 27.8 Å². The quantitative estimate of drug-likeness (QED) is 0.471. The zero-order chi connectivity index (χ0) is 22.2. The third-order valence-corrected chi connectivity index (χ3v) is 5.47. The number of hydrogen-bond acceptors (Lipinski definition) is 7. The summed E-state index contributed by atoms with van der Waals surface area (Å²) in [7, 11) is 0. The van der Waals surface area contributed by atoms with E-state index in [1.165, 1.54) is 11.0 Å². The summed E-state index contributed by atoms with van der Waals surface area (Å²) in [4.78, 5) is 26.2. The Kier molecular flexibility index (Phi) is 4.70. The van der Waals surface area contributed by atoms with Crippen molar-refractivity contribution in [3.05, 3.63) is 89.0 Å². The minimum absolute atomic E-state index is 0.240. The molecular weight excluding hydrogens is 404 g/mol. The second-order valence-electron chi connectivity index (χ2n) is 7.43. The molecule has 0 aliphatic carbocycles. The highest BCUT2D eigenvalue weighted by Crippen LogP contribution is 2.30. The van der Waals surface area contributed by atoms with Crippen LogP contribution in [-0.4, -0.2) is 34.5 Å². The predicted octanol–water partition coefficient (Wildman–Crippen LogP) is 2.93. The maximum Gasteiger partial charge on any atom is 0.279 e. The minimum Gasteiger partial charge on any atom is -0.383 e. The molecule has 0 bridgehead atoms. The molecule has 9 heteroatoms. The molecule has 0 aliphatic heterocycles. The smallest absolute Gasteiger partial charge is 0.279 e. The Morgan fingerprint density at radius 1 is 1.03 bits per heavy atom. The molecule has 0 spiro atoms. The first-order chi connectivity index (χ1) is 15.6. The van der Waals surface area contributed by atoms with Crippen molar-refractivity contribution in [2.75, 3.05) is 5.73 Å². The number of nitrogens with zero attached hydrogens (tertiary/aromatic N) is 7. The van der Waals surface area contributed by atoms with Crippen LogP contribution in [0.3, 0.4) is 0 Å². The summed E-state index contributed by atoms with van der Waals surface area (Å²) in [6.07, 6.45) is 6.38. The fourth-order valence-corrected chi connectivity index (χ4v) is 3.91. The average molecular weight is 424 g/mol. The molecular formula is C23H20N8O. The number of nitrogens with two attached hydrogens (primary N) is 1. The number of benzene rings is 1. The number of rotatable bonds is 4. The number of aryl methyl sites for hydroxylation is 1. The van der Waals surface area contributed by atoms with Gasteiger partial charge in [0.2, 0.25) is 0 Å². The lowest BCUT2D eigenvalue weighted by Crippen LogP contribution is -2.26. The van der Waals surface area contributed by atoms with Gasteiger partial charge in [0.05, 0.1) is 40.8 Å². The van der Waals surface area contributed by atoms with Crippen molar-refractivity contribution in [1.29, 1.82) is 0 Å². The Hall–Kier alpha value is -4.40. The van der Waals surface area contributed by atoms with E-state index in [1.807, 2.05) is 44.2 Å². The molecule has 1 aromatic carbocycles. The maximum absolute atomic E-state index is 13.6. The number of nitrogen functional groups attached to an aromatic ring is 1. The first-order valence-electron chi connectivity index (χ1n) is 10.1. The van der Waals surface area contributed by atoms with Gasteiger partial charge in [0.15, 0.2) is 5.65 Å². The molecule has 32 heavy (non-hydrogen) atoms. The van der Waals surface area contributed by atoms with E-state index in [4.69, 9.17) is 5.73 Å². The molecule has 5 rings (SSSR count). The van der Waals surface area contributed by atoms with Crippen molar-refractivity contribution in [2.24, 2.45) is 0 Å². The second-order valence-corrected chi connectivity index (χ2v) is 7.43. The fraction of sp³-hybridized carbons (Fsp3) is 0.130. The van der Waals surface area contributed by atoms with Gasteiger partial charge >= 0.3 is 0 Å². The van der Waals surface area contributed by atoms with Gasteiger partial charge in [0.25, 0.3) is 5.56 Å². The third-order valence-electron chi connectivity index (χ3n) is 5.47. The van der Waals surface area contributed by atoms with Crippen LogP contribution in [0.1, 0.15) is 24.2 Å². The van der Waals surface area contributed by atoms with Crippen molar-refractivity contribution >= 4 is 16.9 Å². The van der Waals surface area contributed by atoms with E-state index >= 15 is 0 Å². The minimum atomic E-state index is -0.334. The Morgan fingerprint density at radius 3 is 2.59 bits per heavy atom. The molecule has 2 N–H and O–H groups in total. The van der Waals surface area contributed by atoms with Crippen molar-refractivity contribution in [3.63, 3.8) is 0 Å². The molecule has 5 aromatic rings. The van der Waals surface area contributed by atoms with Crippen LogP contribution in [-0.2, 0) is 0 Å². The van der Waals surface area contributed by atoms with Crippen LogP contribution in [0.15, 0.2) is 72.2 Å². The summed E-state index contributed by atoms with van der Waals surface area (Å²) >= 11 is 0. The molecule has 9 nitrogen and oxygen atoms in total. The standard InChI is InChI=1S/C23H20N8O/c1-14-19-21(24)26-13-27-22(19)30(29-14)15(2)18-12-28-31(17-9-6-10-25-11-17)23(32)20(18)16-7-4-3-5-8-16/h3-13,15H,1-2H3,(H2,24,26,27). The van der Waals surface area contributed by atoms with Gasteiger partial charge in [-0.05, 0) is 31.5 Å². The van der Waals surface area contributed by atoms with Gasteiger partial charge < -0.3 is 5.73 Å². The van der Waals surface area contributed by atoms with Crippen LogP contribution in [0.2, 0.25) is 0 Å². The molecule has 0 radical (unpaired) electrons. The van der Waals surface area contributed by atoms with Gasteiger partial charge in [-0.1, -0.05) is 30.3 Å². The SMILES string of the molecule is Cc1nn(C(C)c2cnn(-c3cccnc3)c(=O)c2-c2ccccc2)c2ncnc(N)c12. The topological polar surface area (TPSA) is 117 Å². The third kappa shape index (κ3) is 3.11. The van der Waals surface area contributed by atoms with Gasteiger partial charge in [-0.15, -0.1) is 0 Å². The van der Waals surface area contributed by atoms with Gasteiger partial charge in [-0.25, -0.2) is 14.6 Å². The second kappa shape index (κ2) is 7.69. The monoisotopic (exact) mass is 424 g/mol. The summed E-state index contributed by atoms with van der Waals surface area (Å²) in [5.74, 6) is 0.374.